The first kappa shape index (κ1) is 14.5. The van der Waals surface area contributed by atoms with E-state index < -0.39 is 9.84 Å². The fraction of sp³-hybridized carbons (Fsp3) is 0.533. The van der Waals surface area contributed by atoms with Gasteiger partial charge in [0.05, 0.1) is 18.1 Å². The lowest BCUT2D eigenvalue weighted by Gasteiger charge is -2.25. The molecule has 1 amide bonds. The molecule has 0 radical (unpaired) electrons. The summed E-state index contributed by atoms with van der Waals surface area (Å²) in [5, 5.41) is 0. The summed E-state index contributed by atoms with van der Waals surface area (Å²) in [6.07, 6.45) is 1.52. The van der Waals surface area contributed by atoms with Gasteiger partial charge < -0.3 is 4.90 Å². The summed E-state index contributed by atoms with van der Waals surface area (Å²) in [6.45, 7) is 0.990. The number of nitrogens with zero attached hydrogens (tertiary/aromatic N) is 2. The van der Waals surface area contributed by atoms with Gasteiger partial charge in [0.2, 0.25) is 5.91 Å². The Kier molecular flexibility index (Phi) is 3.75. The molecular weight excluding hydrogens is 288 g/mol. The second-order valence-electron chi connectivity index (χ2n) is 5.90. The highest BCUT2D eigenvalue weighted by Crippen LogP contribution is 2.27. The lowest BCUT2D eigenvalue weighted by atomic mass is 10.2. The Bertz CT molecular complexity index is 657. The molecule has 0 unspecified atom stereocenters. The van der Waals surface area contributed by atoms with Crippen molar-refractivity contribution in [3.05, 3.63) is 29.8 Å². The second kappa shape index (κ2) is 5.42. The van der Waals surface area contributed by atoms with Crippen LogP contribution in [0.1, 0.15) is 12.0 Å². The summed E-state index contributed by atoms with van der Waals surface area (Å²) in [4.78, 5) is 16.2. The molecule has 0 N–H and O–H groups in total. The summed E-state index contributed by atoms with van der Waals surface area (Å²) in [5.41, 5.74) is 2.20. The Labute approximate surface area is 125 Å². The minimum Gasteiger partial charge on any atom is -0.311 e. The molecule has 1 aromatic rings. The van der Waals surface area contributed by atoms with Gasteiger partial charge >= 0.3 is 0 Å². The van der Waals surface area contributed by atoms with Gasteiger partial charge in [-0.1, -0.05) is 18.2 Å². The van der Waals surface area contributed by atoms with Crippen LogP contribution >= 0.6 is 0 Å². The van der Waals surface area contributed by atoms with Crippen LogP contribution < -0.4 is 4.90 Å². The van der Waals surface area contributed by atoms with E-state index in [4.69, 9.17) is 0 Å². The molecule has 1 aromatic carbocycles. The molecular formula is C15H20N2O3S. The van der Waals surface area contributed by atoms with Crippen molar-refractivity contribution in [3.63, 3.8) is 0 Å². The van der Waals surface area contributed by atoms with Crippen LogP contribution in [0.4, 0.5) is 5.69 Å². The number of rotatable bonds is 3. The lowest BCUT2D eigenvalue weighted by Crippen LogP contribution is -2.42. The van der Waals surface area contributed by atoms with Gasteiger partial charge in [0.1, 0.15) is 0 Å². The molecule has 1 fully saturated rings. The summed E-state index contributed by atoms with van der Waals surface area (Å²) < 4.78 is 23.1. The van der Waals surface area contributed by atoms with E-state index in [0.29, 0.717) is 6.42 Å². The maximum Gasteiger partial charge on any atom is 0.241 e. The molecule has 21 heavy (non-hydrogen) atoms. The summed E-state index contributed by atoms with van der Waals surface area (Å²) in [5.74, 6) is 0.461. The van der Waals surface area contributed by atoms with Crippen molar-refractivity contribution in [2.45, 2.75) is 18.9 Å². The van der Waals surface area contributed by atoms with Crippen molar-refractivity contribution >= 4 is 21.4 Å². The van der Waals surface area contributed by atoms with Crippen molar-refractivity contribution in [1.82, 2.24) is 4.90 Å². The first-order valence-corrected chi connectivity index (χ1v) is 9.07. The van der Waals surface area contributed by atoms with E-state index in [-0.39, 0.29) is 30.0 Å². The summed E-state index contributed by atoms with van der Waals surface area (Å²) in [7, 11) is -1.07. The third kappa shape index (κ3) is 2.96. The number of para-hydroxylation sites is 1. The zero-order valence-corrected chi connectivity index (χ0v) is 13.0. The van der Waals surface area contributed by atoms with E-state index in [2.05, 4.69) is 6.07 Å². The van der Waals surface area contributed by atoms with Gasteiger partial charge in [0, 0.05) is 18.3 Å². The quantitative estimate of drug-likeness (QED) is 0.824. The predicted octanol–water partition coefficient (Wildman–Crippen LogP) is 0.695. The van der Waals surface area contributed by atoms with Gasteiger partial charge in [-0.25, -0.2) is 8.42 Å². The first-order chi connectivity index (χ1) is 9.96. The van der Waals surface area contributed by atoms with Crippen LogP contribution in [-0.2, 0) is 21.1 Å². The monoisotopic (exact) mass is 308 g/mol. The lowest BCUT2D eigenvalue weighted by molar-refractivity contribution is -0.119. The van der Waals surface area contributed by atoms with E-state index in [1.54, 1.807) is 0 Å². The molecule has 1 atom stereocenters. The minimum atomic E-state index is -2.91. The zero-order valence-electron chi connectivity index (χ0n) is 12.2. The largest absolute Gasteiger partial charge is 0.311 e. The Balaban J connectivity index is 1.65. The van der Waals surface area contributed by atoms with Crippen LogP contribution in [0.2, 0.25) is 0 Å². The SMILES string of the molecule is CN(CC(=O)N1CCc2ccccc21)[C@H]1CCS(=O)(=O)C1. The van der Waals surface area contributed by atoms with Crippen molar-refractivity contribution in [3.8, 4) is 0 Å². The summed E-state index contributed by atoms with van der Waals surface area (Å²) >= 11 is 0. The number of benzene rings is 1. The highest BCUT2D eigenvalue weighted by Gasteiger charge is 2.32. The first-order valence-electron chi connectivity index (χ1n) is 7.25. The van der Waals surface area contributed by atoms with Gasteiger partial charge in [-0.3, -0.25) is 9.69 Å². The molecule has 0 aromatic heterocycles. The fourth-order valence-corrected chi connectivity index (χ4v) is 4.95. The number of hydrogen-bond donors (Lipinski definition) is 0. The highest BCUT2D eigenvalue weighted by atomic mass is 32.2. The van der Waals surface area contributed by atoms with Crippen LogP contribution in [0.3, 0.4) is 0 Å². The maximum atomic E-state index is 12.5. The second-order valence-corrected chi connectivity index (χ2v) is 8.12. The Morgan fingerprint density at radius 2 is 2.14 bits per heavy atom. The number of carbonyl (C=O) groups is 1. The molecule has 0 bridgehead atoms. The highest BCUT2D eigenvalue weighted by molar-refractivity contribution is 7.91. The number of amides is 1. The van der Waals surface area contributed by atoms with Crippen molar-refractivity contribution < 1.29 is 13.2 Å². The van der Waals surface area contributed by atoms with E-state index in [0.717, 1.165) is 18.7 Å². The smallest absolute Gasteiger partial charge is 0.241 e. The number of anilines is 1. The van der Waals surface area contributed by atoms with Crippen LogP contribution in [0.25, 0.3) is 0 Å². The topological polar surface area (TPSA) is 57.7 Å². The molecule has 114 valence electrons. The van der Waals surface area contributed by atoms with Crippen LogP contribution in [0.15, 0.2) is 24.3 Å². The molecule has 3 rings (SSSR count). The van der Waals surface area contributed by atoms with E-state index in [1.807, 2.05) is 35.0 Å². The predicted molar refractivity (Wildman–Crippen MR) is 82.2 cm³/mol. The van der Waals surface area contributed by atoms with Gasteiger partial charge in [-0.2, -0.15) is 0 Å². The van der Waals surface area contributed by atoms with Crippen molar-refractivity contribution in [1.29, 1.82) is 0 Å². The molecule has 0 saturated carbocycles. The fourth-order valence-electron chi connectivity index (χ4n) is 3.15. The Hall–Kier alpha value is -1.40. The van der Waals surface area contributed by atoms with Crippen molar-refractivity contribution in [2.75, 3.05) is 36.5 Å². The Morgan fingerprint density at radius 1 is 1.38 bits per heavy atom. The van der Waals surface area contributed by atoms with Crippen LogP contribution in [-0.4, -0.2) is 56.9 Å². The normalized spacial score (nSPS) is 23.5. The van der Waals surface area contributed by atoms with Gasteiger partial charge in [-0.05, 0) is 31.5 Å². The van der Waals surface area contributed by atoms with E-state index >= 15 is 0 Å². The molecule has 2 aliphatic rings. The van der Waals surface area contributed by atoms with Gasteiger partial charge in [0.15, 0.2) is 9.84 Å². The molecule has 2 heterocycles. The molecule has 5 nitrogen and oxygen atoms in total. The number of likely N-dealkylation sites (N-methyl/N-ethyl adjacent to an activating group) is 1. The van der Waals surface area contributed by atoms with Gasteiger partial charge in [0.25, 0.3) is 0 Å². The van der Waals surface area contributed by atoms with Crippen LogP contribution in [0, 0.1) is 0 Å². The molecule has 0 spiro atoms. The zero-order chi connectivity index (χ0) is 15.0. The number of hydrogen-bond acceptors (Lipinski definition) is 4. The molecule has 1 saturated heterocycles. The molecule has 2 aliphatic heterocycles. The standard InChI is InChI=1S/C15H20N2O3S/c1-16(13-7-9-21(19,20)11-13)10-15(18)17-8-6-12-4-2-3-5-14(12)17/h2-5,13H,6-11H2,1H3/t13-/m0/s1. The number of fused-ring (bicyclic) bond motifs is 1. The maximum absolute atomic E-state index is 12.5. The van der Waals surface area contributed by atoms with E-state index in [9.17, 15) is 13.2 Å². The number of sulfone groups is 1. The average Bonchev–Trinajstić information content (AvgIpc) is 3.01. The third-order valence-corrected chi connectivity index (χ3v) is 6.15. The summed E-state index contributed by atoms with van der Waals surface area (Å²) in [6, 6.07) is 7.92. The molecule has 0 aliphatic carbocycles. The van der Waals surface area contributed by atoms with Crippen molar-refractivity contribution in [2.24, 2.45) is 0 Å². The van der Waals surface area contributed by atoms with Gasteiger partial charge in [-0.15, -0.1) is 0 Å². The van der Waals surface area contributed by atoms with Crippen LogP contribution in [0.5, 0.6) is 0 Å². The minimum absolute atomic E-state index is 0.0307. The average molecular weight is 308 g/mol. The number of carbonyl (C=O) groups excluding carboxylic acids is 1. The van der Waals surface area contributed by atoms with E-state index in [1.165, 1.54) is 5.56 Å². The third-order valence-electron chi connectivity index (χ3n) is 4.40. The Morgan fingerprint density at radius 3 is 2.86 bits per heavy atom. The molecule has 6 heteroatoms.